The number of aliphatic carboxylic acids is 1. The molecule has 1 aliphatic heterocycles. The fourth-order valence-electron chi connectivity index (χ4n) is 1.63. The van der Waals surface area contributed by atoms with Crippen LogP contribution in [0.4, 0.5) is 0 Å². The molecule has 86 valence electrons. The van der Waals surface area contributed by atoms with Gasteiger partial charge in [0, 0.05) is 19.0 Å². The molecule has 1 aliphatic rings. The van der Waals surface area contributed by atoms with Crippen LogP contribution in [0.2, 0.25) is 0 Å². The number of likely N-dealkylation sites (tertiary alicyclic amines) is 1. The molecule has 1 fully saturated rings. The van der Waals surface area contributed by atoms with Crippen molar-refractivity contribution in [2.75, 3.05) is 26.2 Å². The summed E-state index contributed by atoms with van der Waals surface area (Å²) in [6.45, 7) is 4.45. The molecule has 0 spiro atoms. The fourth-order valence-corrected chi connectivity index (χ4v) is 1.63. The zero-order valence-corrected chi connectivity index (χ0v) is 9.03. The highest BCUT2D eigenvalue weighted by molar-refractivity contribution is 5.79. The number of hydrogen-bond acceptors (Lipinski definition) is 3. The van der Waals surface area contributed by atoms with Crippen molar-refractivity contribution in [2.45, 2.75) is 19.8 Å². The quantitative estimate of drug-likeness (QED) is 0.607. The number of nitrogens with zero attached hydrogens (tertiary/aromatic N) is 1. The molecular formula is C10H18N2O3. The van der Waals surface area contributed by atoms with E-state index in [1.54, 1.807) is 4.90 Å². The van der Waals surface area contributed by atoms with Gasteiger partial charge in [0.25, 0.3) is 0 Å². The van der Waals surface area contributed by atoms with Crippen LogP contribution < -0.4 is 5.32 Å². The van der Waals surface area contributed by atoms with E-state index in [0.29, 0.717) is 19.6 Å². The van der Waals surface area contributed by atoms with Crippen LogP contribution in [0, 0.1) is 5.92 Å². The molecule has 1 amide bonds. The molecule has 1 saturated heterocycles. The van der Waals surface area contributed by atoms with Crippen molar-refractivity contribution >= 4 is 11.9 Å². The fraction of sp³-hybridized carbons (Fsp3) is 0.800. The van der Waals surface area contributed by atoms with E-state index < -0.39 is 5.97 Å². The zero-order chi connectivity index (χ0) is 11.3. The van der Waals surface area contributed by atoms with Gasteiger partial charge in [0.1, 0.15) is 0 Å². The largest absolute Gasteiger partial charge is 0.481 e. The molecule has 5 nitrogen and oxygen atoms in total. The number of rotatable bonds is 6. The Morgan fingerprint density at radius 3 is 2.67 bits per heavy atom. The maximum Gasteiger partial charge on any atom is 0.303 e. The third-order valence-electron chi connectivity index (χ3n) is 2.48. The molecule has 2 N–H and O–H groups in total. The minimum absolute atomic E-state index is 0.0742. The Labute approximate surface area is 89.4 Å². The molecule has 0 unspecified atom stereocenters. The summed E-state index contributed by atoms with van der Waals surface area (Å²) in [7, 11) is 0. The standard InChI is InChI=1S/C10H18N2O3/c1-2-3-11-5-9(13)12-6-8(7-12)4-10(14)15/h8,11H,2-7H2,1H3,(H,14,15). The first kappa shape index (κ1) is 12.0. The predicted molar refractivity (Wildman–Crippen MR) is 55.5 cm³/mol. The molecule has 0 aromatic rings. The van der Waals surface area contributed by atoms with E-state index in [2.05, 4.69) is 5.32 Å². The number of hydrogen-bond donors (Lipinski definition) is 2. The van der Waals surface area contributed by atoms with E-state index in [0.717, 1.165) is 13.0 Å². The van der Waals surface area contributed by atoms with E-state index >= 15 is 0 Å². The molecule has 0 aliphatic carbocycles. The Hall–Kier alpha value is -1.10. The molecule has 1 rings (SSSR count). The lowest BCUT2D eigenvalue weighted by molar-refractivity contribution is -0.144. The first-order chi connectivity index (χ1) is 7.13. The highest BCUT2D eigenvalue weighted by atomic mass is 16.4. The van der Waals surface area contributed by atoms with E-state index in [1.807, 2.05) is 6.92 Å². The third kappa shape index (κ3) is 3.87. The van der Waals surface area contributed by atoms with Crippen molar-refractivity contribution in [2.24, 2.45) is 5.92 Å². The average molecular weight is 214 g/mol. The summed E-state index contributed by atoms with van der Waals surface area (Å²) >= 11 is 0. The topological polar surface area (TPSA) is 69.6 Å². The van der Waals surface area contributed by atoms with Gasteiger partial charge in [0.15, 0.2) is 0 Å². The second-order valence-electron chi connectivity index (χ2n) is 3.94. The predicted octanol–water partition coefficient (Wildman–Crippen LogP) is -0.0809. The lowest BCUT2D eigenvalue weighted by Gasteiger charge is -2.38. The first-order valence-electron chi connectivity index (χ1n) is 5.33. The van der Waals surface area contributed by atoms with Gasteiger partial charge in [-0.15, -0.1) is 0 Å². The Morgan fingerprint density at radius 1 is 1.47 bits per heavy atom. The molecule has 0 atom stereocenters. The van der Waals surface area contributed by atoms with Crippen molar-refractivity contribution < 1.29 is 14.7 Å². The van der Waals surface area contributed by atoms with Gasteiger partial charge in [-0.2, -0.15) is 0 Å². The normalized spacial score (nSPS) is 16.2. The molecular weight excluding hydrogens is 196 g/mol. The molecule has 0 saturated carbocycles. The summed E-state index contributed by atoms with van der Waals surface area (Å²) in [5.41, 5.74) is 0. The van der Waals surface area contributed by atoms with Crippen molar-refractivity contribution in [1.29, 1.82) is 0 Å². The van der Waals surface area contributed by atoms with E-state index in [1.165, 1.54) is 0 Å². The smallest absolute Gasteiger partial charge is 0.303 e. The van der Waals surface area contributed by atoms with Gasteiger partial charge >= 0.3 is 5.97 Å². The summed E-state index contributed by atoms with van der Waals surface area (Å²) in [6.07, 6.45) is 1.18. The molecule has 15 heavy (non-hydrogen) atoms. The molecule has 0 aromatic heterocycles. The molecule has 0 radical (unpaired) electrons. The lowest BCUT2D eigenvalue weighted by Crippen LogP contribution is -2.53. The van der Waals surface area contributed by atoms with Crippen LogP contribution in [0.3, 0.4) is 0 Å². The van der Waals surface area contributed by atoms with Gasteiger partial charge in [-0.25, -0.2) is 0 Å². The summed E-state index contributed by atoms with van der Waals surface area (Å²) in [4.78, 5) is 23.5. The highest BCUT2D eigenvalue weighted by Crippen LogP contribution is 2.18. The lowest BCUT2D eigenvalue weighted by atomic mass is 9.96. The van der Waals surface area contributed by atoms with E-state index in [9.17, 15) is 9.59 Å². The Kier molecular flexibility index (Phi) is 4.55. The number of carbonyl (C=O) groups is 2. The zero-order valence-electron chi connectivity index (χ0n) is 9.03. The number of nitrogens with one attached hydrogen (secondary N) is 1. The van der Waals surface area contributed by atoms with Crippen LogP contribution in [0.5, 0.6) is 0 Å². The SMILES string of the molecule is CCCNCC(=O)N1CC(CC(=O)O)C1. The van der Waals surface area contributed by atoms with E-state index in [4.69, 9.17) is 5.11 Å². The second kappa shape index (κ2) is 5.70. The van der Waals surface area contributed by atoms with Gasteiger partial charge in [0.05, 0.1) is 13.0 Å². The summed E-state index contributed by atoms with van der Waals surface area (Å²) < 4.78 is 0. The van der Waals surface area contributed by atoms with Gasteiger partial charge in [-0.1, -0.05) is 6.92 Å². The Bertz CT molecular complexity index is 237. The summed E-state index contributed by atoms with van der Waals surface area (Å²) in [6, 6.07) is 0. The maximum atomic E-state index is 11.4. The number of carbonyl (C=O) groups excluding carboxylic acids is 1. The van der Waals surface area contributed by atoms with Crippen molar-refractivity contribution in [1.82, 2.24) is 10.2 Å². The minimum Gasteiger partial charge on any atom is -0.481 e. The monoisotopic (exact) mass is 214 g/mol. The number of carboxylic acids is 1. The van der Waals surface area contributed by atoms with Gasteiger partial charge in [-0.05, 0) is 13.0 Å². The van der Waals surface area contributed by atoms with Crippen LogP contribution >= 0.6 is 0 Å². The first-order valence-corrected chi connectivity index (χ1v) is 5.33. The average Bonchev–Trinajstić information content (AvgIpc) is 2.10. The second-order valence-corrected chi connectivity index (χ2v) is 3.94. The van der Waals surface area contributed by atoms with Crippen LogP contribution in [-0.2, 0) is 9.59 Å². The Morgan fingerprint density at radius 2 is 2.13 bits per heavy atom. The van der Waals surface area contributed by atoms with Gasteiger partial charge < -0.3 is 15.3 Å². The molecule has 5 heteroatoms. The van der Waals surface area contributed by atoms with Crippen molar-refractivity contribution in [3.05, 3.63) is 0 Å². The van der Waals surface area contributed by atoms with Crippen LogP contribution in [-0.4, -0.2) is 48.1 Å². The third-order valence-corrected chi connectivity index (χ3v) is 2.48. The number of carboxylic acid groups (broad SMARTS) is 1. The van der Waals surface area contributed by atoms with Crippen LogP contribution in [0.1, 0.15) is 19.8 Å². The molecule has 0 bridgehead atoms. The Balaban J connectivity index is 2.09. The van der Waals surface area contributed by atoms with Crippen molar-refractivity contribution in [3.8, 4) is 0 Å². The molecule has 0 aromatic carbocycles. The van der Waals surface area contributed by atoms with Crippen LogP contribution in [0.15, 0.2) is 0 Å². The van der Waals surface area contributed by atoms with E-state index in [-0.39, 0.29) is 18.2 Å². The summed E-state index contributed by atoms with van der Waals surface area (Å²) in [5.74, 6) is -0.557. The van der Waals surface area contributed by atoms with Gasteiger partial charge in [-0.3, -0.25) is 9.59 Å². The van der Waals surface area contributed by atoms with Gasteiger partial charge in [0.2, 0.25) is 5.91 Å². The number of amides is 1. The van der Waals surface area contributed by atoms with Crippen LogP contribution in [0.25, 0.3) is 0 Å². The minimum atomic E-state index is -0.781. The molecule has 1 heterocycles. The highest BCUT2D eigenvalue weighted by Gasteiger charge is 2.31. The van der Waals surface area contributed by atoms with Crippen molar-refractivity contribution in [3.63, 3.8) is 0 Å². The maximum absolute atomic E-state index is 11.4. The summed E-state index contributed by atoms with van der Waals surface area (Å²) in [5, 5.41) is 11.6.